The number of likely N-dealkylation sites (tertiary alicyclic amines) is 2. The molecule has 2 aliphatic rings. The lowest BCUT2D eigenvalue weighted by atomic mass is 9.72. The lowest BCUT2D eigenvalue weighted by Gasteiger charge is -2.47. The van der Waals surface area contributed by atoms with Gasteiger partial charge in [0.15, 0.2) is 0 Å². The molecule has 7 heteroatoms. The van der Waals surface area contributed by atoms with E-state index in [1.807, 2.05) is 11.8 Å². The van der Waals surface area contributed by atoms with Gasteiger partial charge in [-0.2, -0.15) is 0 Å². The zero-order valence-corrected chi connectivity index (χ0v) is 14.1. The number of aryl methyl sites for hydroxylation is 1. The molecule has 2 amide bonds. The first kappa shape index (κ1) is 16.8. The van der Waals surface area contributed by atoms with Crippen LogP contribution in [0.4, 0.5) is 0 Å². The maximum Gasteiger partial charge on any atom is 0.248 e. The number of piperidine rings is 2. The van der Waals surface area contributed by atoms with Gasteiger partial charge < -0.3 is 14.9 Å². The average Bonchev–Trinajstić information content (AvgIpc) is 2.60. The number of hydrogen-bond donors (Lipinski definition) is 1. The monoisotopic (exact) mass is 332 g/mol. The van der Waals surface area contributed by atoms with E-state index in [0.717, 1.165) is 30.7 Å². The summed E-state index contributed by atoms with van der Waals surface area (Å²) in [6.45, 7) is 3.98. The summed E-state index contributed by atoms with van der Waals surface area (Å²) < 4.78 is 0. The van der Waals surface area contributed by atoms with E-state index in [-0.39, 0.29) is 17.2 Å². The third-order valence-electron chi connectivity index (χ3n) is 5.25. The predicted octanol–water partition coefficient (Wildman–Crippen LogP) is 0.509. The van der Waals surface area contributed by atoms with Crippen LogP contribution < -0.4 is 0 Å². The third-order valence-corrected chi connectivity index (χ3v) is 5.25. The number of aromatic nitrogens is 2. The number of aliphatic hydroxyl groups excluding tert-OH is 1. The van der Waals surface area contributed by atoms with Gasteiger partial charge in [-0.05, 0) is 31.6 Å². The highest BCUT2D eigenvalue weighted by atomic mass is 16.3. The minimum absolute atomic E-state index is 0.0816. The molecule has 24 heavy (non-hydrogen) atoms. The van der Waals surface area contributed by atoms with Crippen LogP contribution in [0.3, 0.4) is 0 Å². The first-order valence-corrected chi connectivity index (χ1v) is 8.45. The number of nitrogens with zero attached hydrogens (tertiary/aromatic N) is 4. The first-order chi connectivity index (χ1) is 11.5. The number of aliphatic hydroxyl groups is 1. The van der Waals surface area contributed by atoms with Crippen molar-refractivity contribution in [3.05, 3.63) is 23.8 Å². The maximum atomic E-state index is 12.3. The molecule has 2 saturated heterocycles. The molecule has 1 spiro atoms. The highest BCUT2D eigenvalue weighted by Gasteiger charge is 2.41. The van der Waals surface area contributed by atoms with E-state index in [1.165, 1.54) is 0 Å². The molecule has 1 aromatic rings. The number of carbonyl (C=O) groups is 2. The first-order valence-electron chi connectivity index (χ1n) is 8.45. The van der Waals surface area contributed by atoms with Crippen LogP contribution in [-0.4, -0.2) is 62.9 Å². The summed E-state index contributed by atoms with van der Waals surface area (Å²) in [6, 6.07) is 0. The van der Waals surface area contributed by atoms with Crippen LogP contribution in [0.15, 0.2) is 12.4 Å². The quantitative estimate of drug-likeness (QED) is 0.871. The van der Waals surface area contributed by atoms with Crippen molar-refractivity contribution in [2.24, 2.45) is 5.41 Å². The fourth-order valence-electron chi connectivity index (χ4n) is 3.68. The fourth-order valence-corrected chi connectivity index (χ4v) is 3.68. The van der Waals surface area contributed by atoms with Crippen molar-refractivity contribution in [1.82, 2.24) is 19.8 Å². The largest absolute Gasteiger partial charge is 0.387 e. The molecule has 0 radical (unpaired) electrons. The fraction of sp³-hybridized carbons (Fsp3) is 0.647. The number of amides is 2. The van der Waals surface area contributed by atoms with Crippen LogP contribution in [-0.2, 0) is 16.1 Å². The Morgan fingerprint density at radius 3 is 2.62 bits per heavy atom. The minimum atomic E-state index is -0.427. The molecule has 2 fully saturated rings. The summed E-state index contributed by atoms with van der Waals surface area (Å²) in [5.74, 6) is -0.0413. The Balaban J connectivity index is 1.64. The Morgan fingerprint density at radius 2 is 2.00 bits per heavy atom. The number of carbonyl (C=O) groups excluding carboxylic acids is 2. The number of hydrogen-bond acceptors (Lipinski definition) is 5. The van der Waals surface area contributed by atoms with Crippen molar-refractivity contribution in [2.45, 2.75) is 39.2 Å². The Bertz CT molecular complexity index is 609. The standard InChI is InChI=1S/C17H24N4O3/c1-13-8-19-14(9-18-13)10-21-12-17(3-2-15(21)23)4-6-20(7-5-17)16(24)11-22/h8-9,22H,2-7,10-12H2,1H3. The zero-order chi connectivity index (χ0) is 17.2. The molecular weight excluding hydrogens is 308 g/mol. The molecule has 0 atom stereocenters. The second kappa shape index (κ2) is 6.84. The van der Waals surface area contributed by atoms with E-state index in [9.17, 15) is 9.59 Å². The summed E-state index contributed by atoms with van der Waals surface area (Å²) in [7, 11) is 0. The minimum Gasteiger partial charge on any atom is -0.387 e. The van der Waals surface area contributed by atoms with Gasteiger partial charge in [-0.15, -0.1) is 0 Å². The Hall–Kier alpha value is -2.02. The topological polar surface area (TPSA) is 86.6 Å². The van der Waals surface area contributed by atoms with Crippen LogP contribution in [0.1, 0.15) is 37.1 Å². The van der Waals surface area contributed by atoms with Gasteiger partial charge in [0.2, 0.25) is 11.8 Å². The molecule has 0 unspecified atom stereocenters. The van der Waals surface area contributed by atoms with E-state index in [2.05, 4.69) is 9.97 Å². The highest BCUT2D eigenvalue weighted by molar-refractivity contribution is 5.78. The predicted molar refractivity (Wildman–Crippen MR) is 86.8 cm³/mol. The van der Waals surface area contributed by atoms with Gasteiger partial charge in [-0.25, -0.2) is 0 Å². The van der Waals surface area contributed by atoms with E-state index in [1.54, 1.807) is 17.3 Å². The molecule has 1 N–H and O–H groups in total. The van der Waals surface area contributed by atoms with Gasteiger partial charge in [0.05, 0.1) is 24.1 Å². The number of rotatable bonds is 3. The molecule has 2 aliphatic heterocycles. The van der Waals surface area contributed by atoms with Gasteiger partial charge in [0.1, 0.15) is 6.61 Å². The molecule has 7 nitrogen and oxygen atoms in total. The molecule has 3 rings (SSSR count). The molecular formula is C17H24N4O3. The van der Waals surface area contributed by atoms with Crippen LogP contribution in [0.5, 0.6) is 0 Å². The lowest BCUT2D eigenvalue weighted by Crippen LogP contribution is -2.52. The summed E-state index contributed by atoms with van der Waals surface area (Å²) >= 11 is 0. The van der Waals surface area contributed by atoms with E-state index in [0.29, 0.717) is 32.6 Å². The molecule has 3 heterocycles. The van der Waals surface area contributed by atoms with Crippen LogP contribution in [0.25, 0.3) is 0 Å². The lowest BCUT2D eigenvalue weighted by molar-refractivity contribution is -0.144. The summed E-state index contributed by atoms with van der Waals surface area (Å²) in [6.07, 6.45) is 6.63. The van der Waals surface area contributed by atoms with Crippen LogP contribution >= 0.6 is 0 Å². The van der Waals surface area contributed by atoms with Crippen molar-refractivity contribution in [1.29, 1.82) is 0 Å². The second-order valence-corrected chi connectivity index (χ2v) is 6.94. The van der Waals surface area contributed by atoms with E-state index in [4.69, 9.17) is 5.11 Å². The van der Waals surface area contributed by atoms with Crippen molar-refractivity contribution in [3.8, 4) is 0 Å². The molecule has 0 aromatic carbocycles. The maximum absolute atomic E-state index is 12.3. The Morgan fingerprint density at radius 1 is 1.25 bits per heavy atom. The van der Waals surface area contributed by atoms with Crippen LogP contribution in [0, 0.1) is 12.3 Å². The highest BCUT2D eigenvalue weighted by Crippen LogP contribution is 2.40. The second-order valence-electron chi connectivity index (χ2n) is 6.94. The van der Waals surface area contributed by atoms with Gasteiger partial charge in [-0.3, -0.25) is 19.6 Å². The third kappa shape index (κ3) is 3.56. The summed E-state index contributed by atoms with van der Waals surface area (Å²) in [5.41, 5.74) is 1.75. The summed E-state index contributed by atoms with van der Waals surface area (Å²) in [5, 5.41) is 8.99. The van der Waals surface area contributed by atoms with Gasteiger partial charge >= 0.3 is 0 Å². The molecule has 0 saturated carbocycles. The van der Waals surface area contributed by atoms with E-state index >= 15 is 0 Å². The molecule has 0 bridgehead atoms. The van der Waals surface area contributed by atoms with Crippen molar-refractivity contribution in [3.63, 3.8) is 0 Å². The molecule has 1 aromatic heterocycles. The van der Waals surface area contributed by atoms with Gasteiger partial charge in [-0.1, -0.05) is 0 Å². The van der Waals surface area contributed by atoms with Gasteiger partial charge in [0, 0.05) is 32.3 Å². The SMILES string of the molecule is Cc1cnc(CN2CC3(CCC2=O)CCN(C(=O)CO)CC3)cn1. The van der Waals surface area contributed by atoms with Crippen LogP contribution in [0.2, 0.25) is 0 Å². The summed E-state index contributed by atoms with van der Waals surface area (Å²) in [4.78, 5) is 36.1. The molecule has 0 aliphatic carbocycles. The Labute approximate surface area is 141 Å². The molecule has 130 valence electrons. The normalized spacial score (nSPS) is 20.5. The zero-order valence-electron chi connectivity index (χ0n) is 14.1. The van der Waals surface area contributed by atoms with Crippen molar-refractivity contribution in [2.75, 3.05) is 26.2 Å². The smallest absolute Gasteiger partial charge is 0.248 e. The average molecular weight is 332 g/mol. The van der Waals surface area contributed by atoms with Crippen molar-refractivity contribution < 1.29 is 14.7 Å². The van der Waals surface area contributed by atoms with Gasteiger partial charge in [0.25, 0.3) is 0 Å². The van der Waals surface area contributed by atoms with Crippen molar-refractivity contribution >= 4 is 11.8 Å². The van der Waals surface area contributed by atoms with E-state index < -0.39 is 6.61 Å². The Kier molecular flexibility index (Phi) is 4.80.